The molecule has 16 heavy (non-hydrogen) atoms. The molecule has 0 saturated carbocycles. The third-order valence-corrected chi connectivity index (χ3v) is 3.64. The molecule has 2 nitrogen and oxygen atoms in total. The average molecular weight is 250 g/mol. The molecule has 1 aliphatic rings. The van der Waals surface area contributed by atoms with Gasteiger partial charge in [0.05, 0.1) is 5.01 Å². The summed E-state index contributed by atoms with van der Waals surface area (Å²) < 4.78 is 36.9. The van der Waals surface area contributed by atoms with Gasteiger partial charge in [-0.2, -0.15) is 13.2 Å². The summed E-state index contributed by atoms with van der Waals surface area (Å²) >= 11 is 1.12. The van der Waals surface area contributed by atoms with E-state index in [0.717, 1.165) is 42.6 Å². The second-order valence-corrected chi connectivity index (χ2v) is 4.96. The van der Waals surface area contributed by atoms with Gasteiger partial charge in [-0.05, 0) is 31.8 Å². The first-order valence-corrected chi connectivity index (χ1v) is 6.16. The molecule has 0 aliphatic carbocycles. The molecule has 6 heteroatoms. The van der Waals surface area contributed by atoms with Gasteiger partial charge in [-0.25, -0.2) is 4.98 Å². The highest BCUT2D eigenvalue weighted by atomic mass is 32.1. The monoisotopic (exact) mass is 250 g/mol. The van der Waals surface area contributed by atoms with Crippen molar-refractivity contribution in [3.8, 4) is 0 Å². The van der Waals surface area contributed by atoms with E-state index in [-0.39, 0.29) is 0 Å². The minimum atomic E-state index is -4.30. The van der Waals surface area contributed by atoms with Crippen LogP contribution in [-0.4, -0.2) is 18.1 Å². The molecule has 0 radical (unpaired) electrons. The van der Waals surface area contributed by atoms with Gasteiger partial charge in [-0.1, -0.05) is 0 Å². The fourth-order valence-corrected chi connectivity index (χ4v) is 2.78. The maximum absolute atomic E-state index is 12.3. The van der Waals surface area contributed by atoms with Crippen molar-refractivity contribution in [1.29, 1.82) is 0 Å². The summed E-state index contributed by atoms with van der Waals surface area (Å²) in [4.78, 5) is 3.65. The van der Waals surface area contributed by atoms with Crippen molar-refractivity contribution < 1.29 is 13.2 Å². The van der Waals surface area contributed by atoms with Gasteiger partial charge < -0.3 is 5.32 Å². The molecule has 1 N–H and O–H groups in total. The summed E-state index contributed by atoms with van der Waals surface area (Å²) in [6, 6.07) is 0. The van der Waals surface area contributed by atoms with Crippen LogP contribution in [0.2, 0.25) is 0 Å². The summed E-state index contributed by atoms with van der Waals surface area (Å²) in [6.45, 7) is 1.92. The lowest BCUT2D eigenvalue weighted by atomic mass is 9.95. The van der Waals surface area contributed by atoms with E-state index in [2.05, 4.69) is 10.3 Å². The molecule has 90 valence electrons. The molecule has 0 aromatic carbocycles. The van der Waals surface area contributed by atoms with Crippen LogP contribution in [0.4, 0.5) is 13.2 Å². The van der Waals surface area contributed by atoms with Crippen molar-refractivity contribution in [3.05, 3.63) is 16.1 Å². The number of aromatic nitrogens is 1. The van der Waals surface area contributed by atoms with Gasteiger partial charge in [0.15, 0.2) is 5.69 Å². The maximum atomic E-state index is 12.3. The summed E-state index contributed by atoms with van der Waals surface area (Å²) in [6.07, 6.45) is -1.56. The Labute approximate surface area is 95.9 Å². The second-order valence-electron chi connectivity index (χ2n) is 4.02. The number of hydrogen-bond donors (Lipinski definition) is 1. The third kappa shape index (κ3) is 2.95. The molecule has 0 amide bonds. The Bertz CT molecular complexity index is 342. The number of nitrogens with one attached hydrogen (secondary N) is 1. The maximum Gasteiger partial charge on any atom is 0.434 e. The normalized spacial score (nSPS) is 18.9. The predicted molar refractivity (Wildman–Crippen MR) is 56.4 cm³/mol. The molecule has 1 aromatic heterocycles. The lowest BCUT2D eigenvalue weighted by Crippen LogP contribution is -2.28. The van der Waals surface area contributed by atoms with E-state index in [4.69, 9.17) is 0 Å². The van der Waals surface area contributed by atoms with Crippen molar-refractivity contribution in [2.24, 2.45) is 5.92 Å². The van der Waals surface area contributed by atoms with E-state index >= 15 is 0 Å². The molecule has 2 heterocycles. The lowest BCUT2D eigenvalue weighted by molar-refractivity contribution is -0.140. The zero-order chi connectivity index (χ0) is 11.6. The quantitative estimate of drug-likeness (QED) is 0.873. The van der Waals surface area contributed by atoms with Gasteiger partial charge in [0.1, 0.15) is 0 Å². The average Bonchev–Trinajstić information content (AvgIpc) is 2.67. The Hall–Kier alpha value is -0.620. The smallest absolute Gasteiger partial charge is 0.317 e. The van der Waals surface area contributed by atoms with Crippen LogP contribution >= 0.6 is 11.3 Å². The highest BCUT2D eigenvalue weighted by molar-refractivity contribution is 7.09. The first-order chi connectivity index (χ1) is 7.55. The van der Waals surface area contributed by atoms with Crippen LogP contribution in [0.3, 0.4) is 0 Å². The third-order valence-electron chi connectivity index (χ3n) is 2.76. The Morgan fingerprint density at radius 3 is 2.62 bits per heavy atom. The molecule has 2 rings (SSSR count). The van der Waals surface area contributed by atoms with E-state index in [1.54, 1.807) is 0 Å². The summed E-state index contributed by atoms with van der Waals surface area (Å²) in [5.74, 6) is 0.480. The first kappa shape index (κ1) is 11.9. The number of thiazole rings is 1. The number of piperidine rings is 1. The van der Waals surface area contributed by atoms with Gasteiger partial charge >= 0.3 is 6.18 Å². The van der Waals surface area contributed by atoms with Crippen LogP contribution in [0, 0.1) is 5.92 Å². The van der Waals surface area contributed by atoms with Gasteiger partial charge in [-0.3, -0.25) is 0 Å². The van der Waals surface area contributed by atoms with Crippen LogP contribution in [0.25, 0.3) is 0 Å². The van der Waals surface area contributed by atoms with E-state index < -0.39 is 11.9 Å². The minimum absolute atomic E-state index is 0.480. The topological polar surface area (TPSA) is 24.9 Å². The molecule has 0 bridgehead atoms. The fraction of sp³-hybridized carbons (Fsp3) is 0.700. The Morgan fingerprint density at radius 2 is 2.06 bits per heavy atom. The van der Waals surface area contributed by atoms with Crippen LogP contribution < -0.4 is 5.32 Å². The number of nitrogens with zero attached hydrogens (tertiary/aromatic N) is 1. The standard InChI is InChI=1S/C10H13F3N2S/c11-10(12,13)8-6-16-9(15-8)5-7-1-3-14-4-2-7/h6-7,14H,1-5H2. The highest BCUT2D eigenvalue weighted by Gasteiger charge is 2.33. The van der Waals surface area contributed by atoms with Crippen molar-refractivity contribution in [1.82, 2.24) is 10.3 Å². The summed E-state index contributed by atoms with van der Waals surface area (Å²) in [5.41, 5.74) is -0.749. The Balaban J connectivity index is 1.97. The first-order valence-electron chi connectivity index (χ1n) is 5.28. The van der Waals surface area contributed by atoms with Crippen molar-refractivity contribution >= 4 is 11.3 Å². The van der Waals surface area contributed by atoms with Crippen LogP contribution in [0.5, 0.6) is 0 Å². The molecule has 0 unspecified atom stereocenters. The zero-order valence-electron chi connectivity index (χ0n) is 8.68. The molecular weight excluding hydrogens is 237 g/mol. The van der Waals surface area contributed by atoms with Crippen molar-refractivity contribution in [2.45, 2.75) is 25.4 Å². The summed E-state index contributed by atoms with van der Waals surface area (Å²) in [5, 5.41) is 4.95. The van der Waals surface area contributed by atoms with E-state index in [1.165, 1.54) is 0 Å². The Kier molecular flexibility index (Phi) is 3.49. The molecular formula is C10H13F3N2S. The van der Waals surface area contributed by atoms with Gasteiger partial charge in [0, 0.05) is 11.8 Å². The number of rotatable bonds is 2. The van der Waals surface area contributed by atoms with E-state index in [9.17, 15) is 13.2 Å². The highest BCUT2D eigenvalue weighted by Crippen LogP contribution is 2.31. The predicted octanol–water partition coefficient (Wildman–Crippen LogP) is 2.70. The molecule has 0 spiro atoms. The fourth-order valence-electron chi connectivity index (χ4n) is 1.87. The number of halogens is 3. The van der Waals surface area contributed by atoms with Gasteiger partial charge in [0.2, 0.25) is 0 Å². The molecule has 1 fully saturated rings. The molecule has 1 saturated heterocycles. The summed E-state index contributed by atoms with van der Waals surface area (Å²) in [7, 11) is 0. The zero-order valence-corrected chi connectivity index (χ0v) is 9.50. The second kappa shape index (κ2) is 4.71. The van der Waals surface area contributed by atoms with Crippen molar-refractivity contribution in [2.75, 3.05) is 13.1 Å². The van der Waals surface area contributed by atoms with Crippen molar-refractivity contribution in [3.63, 3.8) is 0 Å². The lowest BCUT2D eigenvalue weighted by Gasteiger charge is -2.21. The van der Waals surface area contributed by atoms with Gasteiger partial charge in [-0.15, -0.1) is 11.3 Å². The van der Waals surface area contributed by atoms with Crippen LogP contribution in [0.15, 0.2) is 5.38 Å². The number of hydrogen-bond acceptors (Lipinski definition) is 3. The number of alkyl halides is 3. The molecule has 0 atom stereocenters. The van der Waals surface area contributed by atoms with E-state index in [0.29, 0.717) is 17.3 Å². The minimum Gasteiger partial charge on any atom is -0.317 e. The van der Waals surface area contributed by atoms with Gasteiger partial charge in [0.25, 0.3) is 0 Å². The van der Waals surface area contributed by atoms with Crippen LogP contribution in [-0.2, 0) is 12.6 Å². The molecule has 1 aromatic rings. The van der Waals surface area contributed by atoms with E-state index in [1.807, 2.05) is 0 Å². The SMILES string of the molecule is FC(F)(F)c1csc(CC2CCNCC2)n1. The largest absolute Gasteiger partial charge is 0.434 e. The van der Waals surface area contributed by atoms with Crippen LogP contribution in [0.1, 0.15) is 23.5 Å². The molecule has 1 aliphatic heterocycles. The Morgan fingerprint density at radius 1 is 1.38 bits per heavy atom.